The molecule has 4 heteroatoms. The molecule has 0 spiro atoms. The molecular formula is C20H25NO2S. The molecule has 1 aliphatic carbocycles. The molecule has 1 N–H and O–H groups in total. The molecule has 4 rings (SSSR count). The van der Waals surface area contributed by atoms with Crippen molar-refractivity contribution in [3.05, 3.63) is 57.8 Å². The summed E-state index contributed by atoms with van der Waals surface area (Å²) in [5.41, 5.74) is 2.67. The molecule has 2 atom stereocenters. The first-order chi connectivity index (χ1) is 11.8. The molecule has 24 heavy (non-hydrogen) atoms. The Morgan fingerprint density at radius 1 is 1.21 bits per heavy atom. The summed E-state index contributed by atoms with van der Waals surface area (Å²) in [6.45, 7) is 2.74. The first kappa shape index (κ1) is 16.3. The topological polar surface area (TPSA) is 32.7 Å². The molecule has 1 aromatic carbocycles. The van der Waals surface area contributed by atoms with Gasteiger partial charge in [0.2, 0.25) is 0 Å². The van der Waals surface area contributed by atoms with Crippen molar-refractivity contribution < 1.29 is 9.84 Å². The molecule has 1 aromatic heterocycles. The van der Waals surface area contributed by atoms with Gasteiger partial charge >= 0.3 is 0 Å². The lowest BCUT2D eigenvalue weighted by Crippen LogP contribution is -2.42. The zero-order valence-corrected chi connectivity index (χ0v) is 14.8. The van der Waals surface area contributed by atoms with E-state index in [1.807, 2.05) is 29.5 Å². The molecule has 1 aliphatic heterocycles. The Hall–Kier alpha value is -1.20. The Balaban J connectivity index is 1.31. The number of hydrogen-bond acceptors (Lipinski definition) is 4. The van der Waals surface area contributed by atoms with E-state index in [-0.39, 0.29) is 0 Å². The number of benzene rings is 1. The monoisotopic (exact) mass is 343 g/mol. The van der Waals surface area contributed by atoms with Gasteiger partial charge in [-0.05, 0) is 47.8 Å². The Kier molecular flexibility index (Phi) is 4.99. The van der Waals surface area contributed by atoms with Crippen LogP contribution in [0.5, 0.6) is 0 Å². The molecule has 2 heterocycles. The second-order valence-corrected chi connectivity index (χ2v) is 7.98. The van der Waals surface area contributed by atoms with Gasteiger partial charge in [-0.15, -0.1) is 11.3 Å². The molecule has 0 saturated heterocycles. The average Bonchev–Trinajstić information content (AvgIpc) is 3.32. The third kappa shape index (κ3) is 3.72. The maximum Gasteiger partial charge on any atom is 0.0900 e. The smallest absolute Gasteiger partial charge is 0.0900 e. The van der Waals surface area contributed by atoms with E-state index in [1.165, 1.54) is 18.4 Å². The summed E-state index contributed by atoms with van der Waals surface area (Å²) >= 11 is 1.89. The Bertz CT molecular complexity index is 653. The standard InChI is InChI=1S/C20H25NO2S/c22-17(14-23-13-15-4-2-1-3-5-15)12-21-10-8-19-18(9-11-24-19)20(21)16-6-7-16/h1-5,9,11,16-17,20,22H,6-8,10,12-14H2/t17-,20-/m1/s1. The van der Waals surface area contributed by atoms with Gasteiger partial charge in [-0.2, -0.15) is 0 Å². The summed E-state index contributed by atoms with van der Waals surface area (Å²) in [6.07, 6.45) is 3.36. The van der Waals surface area contributed by atoms with Gasteiger partial charge in [0, 0.05) is 24.0 Å². The summed E-state index contributed by atoms with van der Waals surface area (Å²) < 4.78 is 5.71. The van der Waals surface area contributed by atoms with Gasteiger partial charge in [-0.3, -0.25) is 4.90 Å². The number of thiophene rings is 1. The third-order valence-corrected chi connectivity index (χ3v) is 6.05. The molecule has 1 fully saturated rings. The van der Waals surface area contributed by atoms with Crippen molar-refractivity contribution >= 4 is 11.3 Å². The number of β-amino-alcohol motifs (C(OH)–C–C–N with tert-alkyl or cyclic N) is 1. The fourth-order valence-corrected chi connectivity index (χ4v) is 4.69. The van der Waals surface area contributed by atoms with E-state index in [0.717, 1.165) is 24.4 Å². The van der Waals surface area contributed by atoms with Crippen molar-refractivity contribution in [2.24, 2.45) is 5.92 Å². The molecular weight excluding hydrogens is 318 g/mol. The second kappa shape index (κ2) is 7.36. The molecule has 0 radical (unpaired) electrons. The zero-order chi connectivity index (χ0) is 16.4. The lowest BCUT2D eigenvalue weighted by Gasteiger charge is -2.37. The van der Waals surface area contributed by atoms with Crippen molar-refractivity contribution in [3.8, 4) is 0 Å². The van der Waals surface area contributed by atoms with Gasteiger partial charge in [0.05, 0.1) is 19.3 Å². The number of nitrogens with zero attached hydrogens (tertiary/aromatic N) is 1. The molecule has 0 unspecified atom stereocenters. The van der Waals surface area contributed by atoms with Crippen molar-refractivity contribution in [1.82, 2.24) is 4.90 Å². The fraction of sp³-hybridized carbons (Fsp3) is 0.500. The minimum atomic E-state index is -0.421. The summed E-state index contributed by atoms with van der Waals surface area (Å²) in [5.74, 6) is 0.788. The van der Waals surface area contributed by atoms with Crippen LogP contribution in [0.1, 0.15) is 34.9 Å². The maximum atomic E-state index is 10.4. The van der Waals surface area contributed by atoms with Crippen LogP contribution in [0.3, 0.4) is 0 Å². The van der Waals surface area contributed by atoms with E-state index < -0.39 is 6.10 Å². The van der Waals surface area contributed by atoms with E-state index in [0.29, 0.717) is 25.8 Å². The molecule has 128 valence electrons. The van der Waals surface area contributed by atoms with Gasteiger partial charge in [-0.1, -0.05) is 30.3 Å². The third-order valence-electron chi connectivity index (χ3n) is 5.05. The van der Waals surface area contributed by atoms with Gasteiger partial charge in [0.15, 0.2) is 0 Å². The number of fused-ring (bicyclic) bond motifs is 1. The lowest BCUT2D eigenvalue weighted by molar-refractivity contribution is -0.00154. The van der Waals surface area contributed by atoms with E-state index in [1.54, 1.807) is 4.88 Å². The van der Waals surface area contributed by atoms with E-state index >= 15 is 0 Å². The Morgan fingerprint density at radius 2 is 2.04 bits per heavy atom. The summed E-state index contributed by atoms with van der Waals surface area (Å²) in [6, 6.07) is 13.0. The van der Waals surface area contributed by atoms with Crippen molar-refractivity contribution in [2.75, 3.05) is 19.7 Å². The van der Waals surface area contributed by atoms with Crippen molar-refractivity contribution in [2.45, 2.75) is 38.0 Å². The van der Waals surface area contributed by atoms with Crippen LogP contribution in [0.4, 0.5) is 0 Å². The SMILES string of the molecule is O[C@@H](COCc1ccccc1)CN1CCc2sccc2[C@H]1C1CC1. The van der Waals surface area contributed by atoms with Crippen LogP contribution >= 0.6 is 11.3 Å². The van der Waals surface area contributed by atoms with Crippen molar-refractivity contribution in [3.63, 3.8) is 0 Å². The van der Waals surface area contributed by atoms with Crippen LogP contribution in [0.25, 0.3) is 0 Å². The van der Waals surface area contributed by atoms with Crippen LogP contribution in [0.15, 0.2) is 41.8 Å². The summed E-state index contributed by atoms with van der Waals surface area (Å²) in [5, 5.41) is 12.7. The van der Waals surface area contributed by atoms with Gasteiger partial charge in [0.25, 0.3) is 0 Å². The molecule has 3 nitrogen and oxygen atoms in total. The van der Waals surface area contributed by atoms with Crippen LogP contribution in [-0.2, 0) is 17.8 Å². The van der Waals surface area contributed by atoms with E-state index in [9.17, 15) is 5.11 Å². The van der Waals surface area contributed by atoms with Gasteiger partial charge in [-0.25, -0.2) is 0 Å². The largest absolute Gasteiger partial charge is 0.389 e. The summed E-state index contributed by atoms with van der Waals surface area (Å²) in [7, 11) is 0. The average molecular weight is 343 g/mol. The number of ether oxygens (including phenoxy) is 1. The fourth-order valence-electron chi connectivity index (χ4n) is 3.78. The normalized spacial score (nSPS) is 22.3. The van der Waals surface area contributed by atoms with Gasteiger partial charge in [0.1, 0.15) is 0 Å². The first-order valence-corrected chi connectivity index (χ1v) is 9.79. The number of aliphatic hydroxyl groups is 1. The van der Waals surface area contributed by atoms with E-state index in [2.05, 4.69) is 28.5 Å². The van der Waals surface area contributed by atoms with Gasteiger partial charge < -0.3 is 9.84 Å². The predicted octanol–water partition coefficient (Wildman–Crippen LogP) is 3.64. The van der Waals surface area contributed by atoms with E-state index in [4.69, 9.17) is 4.74 Å². The Labute approximate surface area is 147 Å². The first-order valence-electron chi connectivity index (χ1n) is 8.91. The predicted molar refractivity (Wildman–Crippen MR) is 97.2 cm³/mol. The van der Waals surface area contributed by atoms with Crippen LogP contribution in [-0.4, -0.2) is 35.8 Å². The van der Waals surface area contributed by atoms with Crippen LogP contribution < -0.4 is 0 Å². The van der Waals surface area contributed by atoms with Crippen molar-refractivity contribution in [1.29, 1.82) is 0 Å². The highest BCUT2D eigenvalue weighted by molar-refractivity contribution is 7.10. The van der Waals surface area contributed by atoms with Crippen LogP contribution in [0.2, 0.25) is 0 Å². The quantitative estimate of drug-likeness (QED) is 0.833. The highest BCUT2D eigenvalue weighted by atomic mass is 32.1. The summed E-state index contributed by atoms with van der Waals surface area (Å²) in [4.78, 5) is 4.04. The maximum absolute atomic E-state index is 10.4. The molecule has 0 amide bonds. The molecule has 1 saturated carbocycles. The minimum Gasteiger partial charge on any atom is -0.389 e. The molecule has 2 aliphatic rings. The highest BCUT2D eigenvalue weighted by Gasteiger charge is 2.40. The number of aliphatic hydroxyl groups excluding tert-OH is 1. The molecule has 0 bridgehead atoms. The zero-order valence-electron chi connectivity index (χ0n) is 13.9. The number of rotatable bonds is 7. The minimum absolute atomic E-state index is 0.402. The lowest BCUT2D eigenvalue weighted by atomic mass is 9.95. The molecule has 2 aromatic rings. The Morgan fingerprint density at radius 3 is 2.83 bits per heavy atom. The second-order valence-electron chi connectivity index (χ2n) is 6.98. The number of hydrogen-bond donors (Lipinski definition) is 1. The van der Waals surface area contributed by atoms with Crippen LogP contribution in [0, 0.1) is 5.92 Å². The highest BCUT2D eigenvalue weighted by Crippen LogP contribution is 2.48.